The van der Waals surface area contributed by atoms with Crippen LogP contribution in [0.1, 0.15) is 32.1 Å². The van der Waals surface area contributed by atoms with Crippen LogP contribution in [0.15, 0.2) is 0 Å². The SMILES string of the molecule is CNCC1CCN(C2CCN3CCCCC23)C1. The molecule has 3 atom stereocenters. The van der Waals surface area contributed by atoms with Gasteiger partial charge in [-0.05, 0) is 58.3 Å². The normalized spacial score (nSPS) is 39.7. The molecule has 0 saturated carbocycles. The molecule has 3 rings (SSSR count). The van der Waals surface area contributed by atoms with E-state index >= 15 is 0 Å². The minimum Gasteiger partial charge on any atom is -0.319 e. The van der Waals surface area contributed by atoms with Crippen LogP contribution in [0.4, 0.5) is 0 Å². The number of fused-ring (bicyclic) bond motifs is 1. The second-order valence-corrected chi connectivity index (χ2v) is 6.16. The molecule has 0 radical (unpaired) electrons. The van der Waals surface area contributed by atoms with Gasteiger partial charge in [0.15, 0.2) is 0 Å². The van der Waals surface area contributed by atoms with Crippen LogP contribution in [0.25, 0.3) is 0 Å². The van der Waals surface area contributed by atoms with E-state index in [1.54, 1.807) is 0 Å². The Morgan fingerprint density at radius 1 is 0.941 bits per heavy atom. The predicted molar refractivity (Wildman–Crippen MR) is 71.2 cm³/mol. The van der Waals surface area contributed by atoms with Gasteiger partial charge in [0.1, 0.15) is 0 Å². The van der Waals surface area contributed by atoms with Gasteiger partial charge >= 0.3 is 0 Å². The molecule has 0 spiro atoms. The molecule has 0 aromatic heterocycles. The molecule has 3 fully saturated rings. The molecule has 0 aromatic rings. The smallest absolute Gasteiger partial charge is 0.0263 e. The van der Waals surface area contributed by atoms with Crippen molar-refractivity contribution in [3.63, 3.8) is 0 Å². The first-order chi connectivity index (χ1) is 8.38. The molecular formula is C14H27N3. The molecular weight excluding hydrogens is 210 g/mol. The molecule has 3 heterocycles. The van der Waals surface area contributed by atoms with Crippen LogP contribution in [-0.2, 0) is 0 Å². The fourth-order valence-corrected chi connectivity index (χ4v) is 4.27. The third kappa shape index (κ3) is 2.38. The van der Waals surface area contributed by atoms with Crippen LogP contribution in [-0.4, -0.2) is 61.7 Å². The monoisotopic (exact) mass is 237 g/mol. The largest absolute Gasteiger partial charge is 0.319 e. The summed E-state index contributed by atoms with van der Waals surface area (Å²) in [4.78, 5) is 5.57. The lowest BCUT2D eigenvalue weighted by Gasteiger charge is -2.36. The summed E-state index contributed by atoms with van der Waals surface area (Å²) >= 11 is 0. The zero-order valence-corrected chi connectivity index (χ0v) is 11.2. The highest BCUT2D eigenvalue weighted by Crippen LogP contribution is 2.33. The second kappa shape index (κ2) is 5.25. The van der Waals surface area contributed by atoms with Crippen molar-refractivity contribution in [2.45, 2.75) is 44.2 Å². The Kier molecular flexibility index (Phi) is 3.69. The molecule has 0 bridgehead atoms. The fourth-order valence-electron chi connectivity index (χ4n) is 4.27. The number of likely N-dealkylation sites (tertiary alicyclic amines) is 1. The van der Waals surface area contributed by atoms with Gasteiger partial charge in [-0.15, -0.1) is 0 Å². The number of nitrogens with one attached hydrogen (secondary N) is 1. The van der Waals surface area contributed by atoms with E-state index in [1.165, 1.54) is 64.8 Å². The lowest BCUT2D eigenvalue weighted by molar-refractivity contribution is 0.128. The van der Waals surface area contributed by atoms with Crippen molar-refractivity contribution in [2.24, 2.45) is 5.92 Å². The van der Waals surface area contributed by atoms with Gasteiger partial charge in [-0.3, -0.25) is 9.80 Å². The number of hydrogen-bond donors (Lipinski definition) is 1. The first kappa shape index (κ1) is 11.9. The molecule has 0 amide bonds. The Hall–Kier alpha value is -0.120. The molecule has 3 unspecified atom stereocenters. The molecule has 17 heavy (non-hydrogen) atoms. The van der Waals surface area contributed by atoms with E-state index in [0.717, 1.165) is 18.0 Å². The molecule has 0 aliphatic carbocycles. The van der Waals surface area contributed by atoms with E-state index < -0.39 is 0 Å². The third-order valence-corrected chi connectivity index (χ3v) is 5.10. The summed E-state index contributed by atoms with van der Waals surface area (Å²) in [6.07, 6.45) is 7.19. The standard InChI is InChI=1S/C14H27N3/c1-15-10-12-5-8-17(11-12)14-6-9-16-7-3-2-4-13(14)16/h12-15H,2-11H2,1H3. The minimum absolute atomic E-state index is 0.886. The van der Waals surface area contributed by atoms with Gasteiger partial charge in [0, 0.05) is 25.2 Å². The van der Waals surface area contributed by atoms with Gasteiger partial charge in [-0.2, -0.15) is 0 Å². The minimum atomic E-state index is 0.886. The quantitative estimate of drug-likeness (QED) is 0.794. The van der Waals surface area contributed by atoms with E-state index in [9.17, 15) is 0 Å². The van der Waals surface area contributed by atoms with Crippen LogP contribution in [0, 0.1) is 5.92 Å². The van der Waals surface area contributed by atoms with Crippen molar-refractivity contribution in [3.8, 4) is 0 Å². The summed E-state index contributed by atoms with van der Waals surface area (Å²) in [6.45, 7) is 6.63. The predicted octanol–water partition coefficient (Wildman–Crippen LogP) is 1.15. The van der Waals surface area contributed by atoms with Crippen LogP contribution >= 0.6 is 0 Å². The van der Waals surface area contributed by atoms with Gasteiger partial charge in [-0.1, -0.05) is 6.42 Å². The summed E-state index contributed by atoms with van der Waals surface area (Å²) < 4.78 is 0. The summed E-state index contributed by atoms with van der Waals surface area (Å²) in [5, 5.41) is 3.34. The molecule has 3 nitrogen and oxygen atoms in total. The first-order valence-corrected chi connectivity index (χ1v) is 7.51. The van der Waals surface area contributed by atoms with E-state index in [1.807, 2.05) is 0 Å². The fraction of sp³-hybridized carbons (Fsp3) is 1.00. The van der Waals surface area contributed by atoms with Gasteiger partial charge < -0.3 is 5.32 Å². The average molecular weight is 237 g/mol. The average Bonchev–Trinajstić information content (AvgIpc) is 2.95. The van der Waals surface area contributed by atoms with Crippen LogP contribution in [0.3, 0.4) is 0 Å². The maximum atomic E-state index is 3.34. The Balaban J connectivity index is 1.58. The highest BCUT2D eigenvalue weighted by atomic mass is 15.3. The molecule has 3 aliphatic heterocycles. The number of hydrogen-bond acceptors (Lipinski definition) is 3. The molecule has 98 valence electrons. The van der Waals surface area contributed by atoms with E-state index in [4.69, 9.17) is 0 Å². The maximum Gasteiger partial charge on any atom is 0.0263 e. The van der Waals surface area contributed by atoms with E-state index in [2.05, 4.69) is 22.2 Å². The van der Waals surface area contributed by atoms with Crippen molar-refractivity contribution in [2.75, 3.05) is 39.8 Å². The van der Waals surface area contributed by atoms with Gasteiger partial charge in [0.05, 0.1) is 0 Å². The van der Waals surface area contributed by atoms with Gasteiger partial charge in [-0.25, -0.2) is 0 Å². The van der Waals surface area contributed by atoms with Crippen LogP contribution in [0.5, 0.6) is 0 Å². The summed E-state index contributed by atoms with van der Waals surface area (Å²) in [6, 6.07) is 1.79. The second-order valence-electron chi connectivity index (χ2n) is 6.16. The third-order valence-electron chi connectivity index (χ3n) is 5.10. The molecule has 3 saturated heterocycles. The lowest BCUT2D eigenvalue weighted by Crippen LogP contribution is -2.46. The first-order valence-electron chi connectivity index (χ1n) is 7.51. The lowest BCUT2D eigenvalue weighted by atomic mass is 9.98. The zero-order chi connectivity index (χ0) is 11.7. The van der Waals surface area contributed by atoms with E-state index in [-0.39, 0.29) is 0 Å². The summed E-state index contributed by atoms with van der Waals surface area (Å²) in [7, 11) is 2.08. The van der Waals surface area contributed by atoms with Crippen LogP contribution in [0.2, 0.25) is 0 Å². The van der Waals surface area contributed by atoms with Crippen molar-refractivity contribution in [3.05, 3.63) is 0 Å². The van der Waals surface area contributed by atoms with Gasteiger partial charge in [0.25, 0.3) is 0 Å². The summed E-state index contributed by atoms with van der Waals surface area (Å²) in [5.74, 6) is 0.901. The Morgan fingerprint density at radius 3 is 2.65 bits per heavy atom. The molecule has 0 aromatic carbocycles. The Morgan fingerprint density at radius 2 is 1.76 bits per heavy atom. The summed E-state index contributed by atoms with van der Waals surface area (Å²) in [5.41, 5.74) is 0. The van der Waals surface area contributed by atoms with Crippen LogP contribution < -0.4 is 5.32 Å². The van der Waals surface area contributed by atoms with Crippen molar-refractivity contribution < 1.29 is 0 Å². The number of nitrogens with zero attached hydrogens (tertiary/aromatic N) is 2. The maximum absolute atomic E-state index is 3.34. The number of rotatable bonds is 3. The van der Waals surface area contributed by atoms with Crippen molar-refractivity contribution in [1.82, 2.24) is 15.1 Å². The number of piperidine rings is 1. The zero-order valence-electron chi connectivity index (χ0n) is 11.2. The highest BCUT2D eigenvalue weighted by molar-refractivity contribution is 4.97. The molecule has 3 aliphatic rings. The topological polar surface area (TPSA) is 18.5 Å². The Labute approximate surface area is 106 Å². The van der Waals surface area contributed by atoms with E-state index in [0.29, 0.717) is 0 Å². The Bertz CT molecular complexity index is 256. The van der Waals surface area contributed by atoms with Crippen molar-refractivity contribution >= 4 is 0 Å². The van der Waals surface area contributed by atoms with Gasteiger partial charge in [0.2, 0.25) is 0 Å². The molecule has 3 heteroatoms. The van der Waals surface area contributed by atoms with Crippen molar-refractivity contribution in [1.29, 1.82) is 0 Å². The molecule has 1 N–H and O–H groups in total. The highest BCUT2D eigenvalue weighted by Gasteiger charge is 2.40.